The van der Waals surface area contributed by atoms with E-state index in [1.807, 2.05) is 0 Å². The molecule has 0 unspecified atom stereocenters. The lowest BCUT2D eigenvalue weighted by molar-refractivity contribution is 0.0458. The van der Waals surface area contributed by atoms with Gasteiger partial charge >= 0.3 is 0 Å². The Hall–Kier alpha value is -1.20. The predicted octanol–water partition coefficient (Wildman–Crippen LogP) is 2.37. The molecule has 2 heterocycles. The first-order chi connectivity index (χ1) is 9.98. The zero-order chi connectivity index (χ0) is 15.3. The molecule has 0 saturated carbocycles. The first-order valence-corrected chi connectivity index (χ1v) is 7.92. The number of hydrogen-bond acceptors (Lipinski definition) is 5. The lowest BCUT2D eigenvalue weighted by Gasteiger charge is -2.32. The van der Waals surface area contributed by atoms with Gasteiger partial charge in [0.05, 0.1) is 11.8 Å². The van der Waals surface area contributed by atoms with Crippen molar-refractivity contribution in [3.63, 3.8) is 0 Å². The molecule has 1 saturated heterocycles. The topological polar surface area (TPSA) is 50.3 Å². The molecule has 0 atom stereocenters. The van der Waals surface area contributed by atoms with Crippen LogP contribution in [-0.2, 0) is 11.3 Å². The highest BCUT2D eigenvalue weighted by Crippen LogP contribution is 2.19. The van der Waals surface area contributed by atoms with Gasteiger partial charge in [-0.05, 0) is 52.7 Å². The zero-order valence-electron chi connectivity index (χ0n) is 13.7. The molecule has 1 aliphatic rings. The summed E-state index contributed by atoms with van der Waals surface area (Å²) < 4.78 is 5.68. The van der Waals surface area contributed by atoms with Crippen LogP contribution in [0.2, 0.25) is 0 Å². The molecule has 1 N–H and O–H groups in total. The van der Waals surface area contributed by atoms with Crippen LogP contribution in [0.1, 0.15) is 46.2 Å². The van der Waals surface area contributed by atoms with Crippen molar-refractivity contribution in [1.82, 2.24) is 15.5 Å². The number of nitrogens with zero attached hydrogens (tertiary/aromatic N) is 3. The second-order valence-electron chi connectivity index (χ2n) is 6.63. The van der Waals surface area contributed by atoms with Crippen LogP contribution in [-0.4, -0.2) is 41.5 Å². The van der Waals surface area contributed by atoms with Gasteiger partial charge in [0.25, 0.3) is 0 Å². The van der Waals surface area contributed by atoms with Gasteiger partial charge in [0.15, 0.2) is 5.82 Å². The molecule has 2 rings (SSSR count). The van der Waals surface area contributed by atoms with Crippen molar-refractivity contribution in [3.05, 3.63) is 17.8 Å². The molecule has 5 heteroatoms. The van der Waals surface area contributed by atoms with E-state index in [0.717, 1.165) is 50.6 Å². The van der Waals surface area contributed by atoms with Gasteiger partial charge in [-0.3, -0.25) is 0 Å². The van der Waals surface area contributed by atoms with Crippen molar-refractivity contribution in [3.8, 4) is 0 Å². The fourth-order valence-electron chi connectivity index (χ4n) is 2.46. The number of anilines is 1. The number of aromatic nitrogens is 2. The summed E-state index contributed by atoms with van der Waals surface area (Å²) in [6.07, 6.45) is 2.56. The lowest BCUT2D eigenvalue weighted by atomic mass is 10.1. The van der Waals surface area contributed by atoms with E-state index in [4.69, 9.17) is 4.74 Å². The van der Waals surface area contributed by atoms with E-state index >= 15 is 0 Å². The molecule has 0 bridgehead atoms. The van der Waals surface area contributed by atoms with Gasteiger partial charge in [0.1, 0.15) is 0 Å². The standard InChI is InChI=1S/C16H28N4O/c1-5-21-14-8-10-20(11-9-14)15-7-6-13(18-19-15)12-17-16(2,3)4/h6-7,14,17H,5,8-12H2,1-4H3. The SMILES string of the molecule is CCOC1CCN(c2ccc(CNC(C)(C)C)nn2)CC1. The first kappa shape index (κ1) is 16.2. The summed E-state index contributed by atoms with van der Waals surface area (Å²) in [6.45, 7) is 12.1. The van der Waals surface area contributed by atoms with E-state index < -0.39 is 0 Å². The highest BCUT2D eigenvalue weighted by atomic mass is 16.5. The van der Waals surface area contributed by atoms with Crippen LogP contribution in [0.3, 0.4) is 0 Å². The summed E-state index contributed by atoms with van der Waals surface area (Å²) in [4.78, 5) is 2.30. The summed E-state index contributed by atoms with van der Waals surface area (Å²) in [6, 6.07) is 4.14. The van der Waals surface area contributed by atoms with Crippen LogP contribution >= 0.6 is 0 Å². The van der Waals surface area contributed by atoms with Crippen LogP contribution < -0.4 is 10.2 Å². The number of rotatable bonds is 5. The van der Waals surface area contributed by atoms with Crippen LogP contribution in [0.5, 0.6) is 0 Å². The van der Waals surface area contributed by atoms with Crippen molar-refractivity contribution in [1.29, 1.82) is 0 Å². The van der Waals surface area contributed by atoms with Crippen molar-refractivity contribution < 1.29 is 4.74 Å². The minimum atomic E-state index is 0.0987. The van der Waals surface area contributed by atoms with Gasteiger partial charge in [0, 0.05) is 31.8 Å². The van der Waals surface area contributed by atoms with Crippen LogP contribution in [0.15, 0.2) is 12.1 Å². The predicted molar refractivity (Wildman–Crippen MR) is 85.5 cm³/mol. The van der Waals surface area contributed by atoms with Crippen molar-refractivity contribution in [2.75, 3.05) is 24.6 Å². The largest absolute Gasteiger partial charge is 0.378 e. The Balaban J connectivity index is 1.85. The molecule has 0 amide bonds. The lowest BCUT2D eigenvalue weighted by Crippen LogP contribution is -2.38. The monoisotopic (exact) mass is 292 g/mol. The van der Waals surface area contributed by atoms with E-state index in [0.29, 0.717) is 6.10 Å². The fraction of sp³-hybridized carbons (Fsp3) is 0.750. The molecule has 1 aromatic heterocycles. The van der Waals surface area contributed by atoms with Gasteiger partial charge in [0.2, 0.25) is 0 Å². The van der Waals surface area contributed by atoms with E-state index in [-0.39, 0.29) is 5.54 Å². The third kappa shape index (κ3) is 5.25. The Bertz CT molecular complexity index is 419. The van der Waals surface area contributed by atoms with Crippen molar-refractivity contribution in [2.45, 2.75) is 58.7 Å². The minimum absolute atomic E-state index is 0.0987. The summed E-state index contributed by atoms with van der Waals surface area (Å²) >= 11 is 0. The Morgan fingerprint density at radius 1 is 1.24 bits per heavy atom. The maximum Gasteiger partial charge on any atom is 0.151 e. The number of ether oxygens (including phenoxy) is 1. The Kier molecular flexibility index (Phi) is 5.53. The Labute approximate surface area is 128 Å². The molecule has 1 fully saturated rings. The molecule has 0 aliphatic carbocycles. The number of nitrogens with one attached hydrogen (secondary N) is 1. The molecule has 1 aliphatic heterocycles. The quantitative estimate of drug-likeness (QED) is 0.903. The fourth-order valence-corrected chi connectivity index (χ4v) is 2.46. The van der Waals surface area contributed by atoms with Crippen LogP contribution in [0.25, 0.3) is 0 Å². The summed E-state index contributed by atoms with van der Waals surface area (Å²) in [5.74, 6) is 0.976. The molecule has 118 valence electrons. The zero-order valence-corrected chi connectivity index (χ0v) is 13.7. The molecule has 0 radical (unpaired) electrons. The average molecular weight is 292 g/mol. The van der Waals surface area contributed by atoms with E-state index in [1.165, 1.54) is 0 Å². The maximum absolute atomic E-state index is 5.68. The highest BCUT2D eigenvalue weighted by molar-refractivity contribution is 5.37. The second-order valence-corrected chi connectivity index (χ2v) is 6.63. The Morgan fingerprint density at radius 3 is 2.48 bits per heavy atom. The minimum Gasteiger partial charge on any atom is -0.378 e. The van der Waals surface area contributed by atoms with Crippen molar-refractivity contribution in [2.24, 2.45) is 0 Å². The third-order valence-corrected chi connectivity index (χ3v) is 3.67. The maximum atomic E-state index is 5.68. The van der Waals surface area contributed by atoms with E-state index in [1.54, 1.807) is 0 Å². The molecule has 0 spiro atoms. The molecular weight excluding hydrogens is 264 g/mol. The Morgan fingerprint density at radius 2 is 1.95 bits per heavy atom. The highest BCUT2D eigenvalue weighted by Gasteiger charge is 2.20. The van der Waals surface area contributed by atoms with Crippen molar-refractivity contribution >= 4 is 5.82 Å². The molecular formula is C16H28N4O. The van der Waals surface area contributed by atoms with Crippen LogP contribution in [0, 0.1) is 0 Å². The summed E-state index contributed by atoms with van der Waals surface area (Å²) in [7, 11) is 0. The molecule has 0 aromatic carbocycles. The van der Waals surface area contributed by atoms with Gasteiger partial charge in [-0.15, -0.1) is 5.10 Å². The number of piperidine rings is 1. The van der Waals surface area contributed by atoms with Crippen LogP contribution in [0.4, 0.5) is 5.82 Å². The third-order valence-electron chi connectivity index (χ3n) is 3.67. The molecule has 21 heavy (non-hydrogen) atoms. The van der Waals surface area contributed by atoms with Gasteiger partial charge < -0.3 is 15.0 Å². The van der Waals surface area contributed by atoms with E-state index in [2.05, 4.69) is 60.2 Å². The van der Waals surface area contributed by atoms with E-state index in [9.17, 15) is 0 Å². The smallest absolute Gasteiger partial charge is 0.151 e. The van der Waals surface area contributed by atoms with Gasteiger partial charge in [-0.2, -0.15) is 5.10 Å². The molecule has 1 aromatic rings. The summed E-state index contributed by atoms with van der Waals surface area (Å²) in [5, 5.41) is 12.1. The second kappa shape index (κ2) is 7.18. The normalized spacial score (nSPS) is 17.2. The number of hydrogen-bond donors (Lipinski definition) is 1. The summed E-state index contributed by atoms with van der Waals surface area (Å²) in [5.41, 5.74) is 1.08. The average Bonchev–Trinajstić information content (AvgIpc) is 2.46. The molecule has 5 nitrogen and oxygen atoms in total. The first-order valence-electron chi connectivity index (χ1n) is 7.92. The van der Waals surface area contributed by atoms with Gasteiger partial charge in [-0.25, -0.2) is 0 Å². The van der Waals surface area contributed by atoms with Gasteiger partial charge in [-0.1, -0.05) is 0 Å².